The number of nitrogens with zero attached hydrogens (tertiary/aromatic N) is 1. The molecule has 1 aliphatic rings. The van der Waals surface area contributed by atoms with E-state index in [0.29, 0.717) is 11.6 Å². The number of aryl methyl sites for hydroxylation is 2. The Kier molecular flexibility index (Phi) is 3.16. The lowest BCUT2D eigenvalue weighted by molar-refractivity contribution is 0.678. The third-order valence-electron chi connectivity index (χ3n) is 4.18. The van der Waals surface area contributed by atoms with Crippen LogP contribution in [0, 0.1) is 13.8 Å². The molecule has 20 heavy (non-hydrogen) atoms. The lowest BCUT2D eigenvalue weighted by Gasteiger charge is -2.08. The summed E-state index contributed by atoms with van der Waals surface area (Å²) in [6.45, 7) is 4.07. The molecule has 106 valence electrons. The standard InChI is InChI=1S/C16H21N3O/c1-10-7-11(2)9-13(8-10)19-16(20)14(17)15(18-19)12-5-3-4-6-12/h7-9,12,18H,3-6,17H2,1-2H3. The molecule has 0 aliphatic heterocycles. The van der Waals surface area contributed by atoms with Crippen molar-refractivity contribution in [1.82, 2.24) is 9.78 Å². The van der Waals surface area contributed by atoms with Crippen LogP contribution in [-0.4, -0.2) is 9.78 Å². The molecule has 3 rings (SSSR count). The van der Waals surface area contributed by atoms with Gasteiger partial charge in [-0.2, -0.15) is 0 Å². The largest absolute Gasteiger partial charge is 0.393 e. The van der Waals surface area contributed by atoms with Crippen LogP contribution in [0.1, 0.15) is 48.4 Å². The number of aromatic nitrogens is 2. The summed E-state index contributed by atoms with van der Waals surface area (Å²) in [5.74, 6) is 0.412. The predicted molar refractivity (Wildman–Crippen MR) is 81.5 cm³/mol. The first-order valence-corrected chi connectivity index (χ1v) is 7.25. The minimum absolute atomic E-state index is 0.128. The van der Waals surface area contributed by atoms with Gasteiger partial charge < -0.3 is 5.73 Å². The fourth-order valence-electron chi connectivity index (χ4n) is 3.25. The normalized spacial score (nSPS) is 15.9. The van der Waals surface area contributed by atoms with Gasteiger partial charge in [0.15, 0.2) is 0 Å². The highest BCUT2D eigenvalue weighted by molar-refractivity contribution is 5.47. The van der Waals surface area contributed by atoms with Crippen molar-refractivity contribution in [1.29, 1.82) is 0 Å². The lowest BCUT2D eigenvalue weighted by Crippen LogP contribution is -2.16. The molecule has 3 N–H and O–H groups in total. The molecule has 2 aromatic rings. The van der Waals surface area contributed by atoms with Crippen LogP contribution in [0.15, 0.2) is 23.0 Å². The van der Waals surface area contributed by atoms with Crippen LogP contribution in [0.25, 0.3) is 5.69 Å². The smallest absolute Gasteiger partial charge is 0.294 e. The minimum atomic E-state index is -0.128. The lowest BCUT2D eigenvalue weighted by atomic mass is 10.0. The maximum atomic E-state index is 12.4. The summed E-state index contributed by atoms with van der Waals surface area (Å²) in [4.78, 5) is 12.4. The highest BCUT2D eigenvalue weighted by Gasteiger charge is 2.24. The summed E-state index contributed by atoms with van der Waals surface area (Å²) in [6.07, 6.45) is 4.69. The van der Waals surface area contributed by atoms with Crippen molar-refractivity contribution < 1.29 is 0 Å². The van der Waals surface area contributed by atoms with Crippen molar-refractivity contribution in [3.63, 3.8) is 0 Å². The number of H-pyrrole nitrogens is 1. The van der Waals surface area contributed by atoms with Gasteiger partial charge in [-0.3, -0.25) is 9.89 Å². The molecule has 0 amide bonds. The van der Waals surface area contributed by atoms with Gasteiger partial charge in [0.1, 0.15) is 5.69 Å². The molecular weight excluding hydrogens is 250 g/mol. The molecule has 0 spiro atoms. The van der Waals surface area contributed by atoms with Crippen LogP contribution >= 0.6 is 0 Å². The van der Waals surface area contributed by atoms with Crippen molar-refractivity contribution in [3.8, 4) is 5.69 Å². The maximum Gasteiger partial charge on any atom is 0.294 e. The maximum absolute atomic E-state index is 12.4. The third-order valence-corrected chi connectivity index (χ3v) is 4.18. The molecule has 1 aliphatic carbocycles. The molecule has 1 fully saturated rings. The van der Waals surface area contributed by atoms with Gasteiger partial charge >= 0.3 is 0 Å². The molecule has 0 unspecified atom stereocenters. The second-order valence-electron chi connectivity index (χ2n) is 5.91. The van der Waals surface area contributed by atoms with Gasteiger partial charge in [-0.15, -0.1) is 0 Å². The van der Waals surface area contributed by atoms with Gasteiger partial charge in [-0.05, 0) is 49.9 Å². The van der Waals surface area contributed by atoms with E-state index in [9.17, 15) is 4.79 Å². The molecule has 0 radical (unpaired) electrons. The molecule has 1 heterocycles. The number of benzene rings is 1. The quantitative estimate of drug-likeness (QED) is 0.881. The molecule has 4 nitrogen and oxygen atoms in total. The number of rotatable bonds is 2. The van der Waals surface area contributed by atoms with Crippen LogP contribution < -0.4 is 11.3 Å². The fourth-order valence-corrected chi connectivity index (χ4v) is 3.25. The van der Waals surface area contributed by atoms with Crippen molar-refractivity contribution in [2.24, 2.45) is 0 Å². The Morgan fingerprint density at radius 1 is 1.15 bits per heavy atom. The van der Waals surface area contributed by atoms with Crippen LogP contribution in [0.2, 0.25) is 0 Å². The van der Waals surface area contributed by atoms with Crippen molar-refractivity contribution in [3.05, 3.63) is 45.4 Å². The van der Waals surface area contributed by atoms with Gasteiger partial charge in [0, 0.05) is 5.92 Å². The van der Waals surface area contributed by atoms with E-state index in [2.05, 4.69) is 11.2 Å². The second-order valence-corrected chi connectivity index (χ2v) is 5.91. The summed E-state index contributed by atoms with van der Waals surface area (Å²) in [5, 5.41) is 3.24. The van der Waals surface area contributed by atoms with E-state index in [0.717, 1.165) is 35.3 Å². The summed E-state index contributed by atoms with van der Waals surface area (Å²) in [6, 6.07) is 6.10. The molecule has 1 saturated carbocycles. The van der Waals surface area contributed by atoms with E-state index in [4.69, 9.17) is 5.73 Å². The number of hydrogen-bond acceptors (Lipinski definition) is 2. The summed E-state index contributed by atoms with van der Waals surface area (Å²) < 4.78 is 1.59. The predicted octanol–water partition coefficient (Wildman–Crippen LogP) is 3.02. The zero-order valence-electron chi connectivity index (χ0n) is 12.1. The summed E-state index contributed by atoms with van der Waals surface area (Å²) >= 11 is 0. The van der Waals surface area contributed by atoms with E-state index >= 15 is 0 Å². The molecular formula is C16H21N3O. The molecule has 1 aromatic heterocycles. The highest BCUT2D eigenvalue weighted by atomic mass is 16.1. The molecule has 4 heteroatoms. The first-order valence-electron chi connectivity index (χ1n) is 7.25. The van der Waals surface area contributed by atoms with Gasteiger partial charge in [0.05, 0.1) is 11.4 Å². The van der Waals surface area contributed by atoms with Gasteiger partial charge in [-0.1, -0.05) is 18.9 Å². The van der Waals surface area contributed by atoms with E-state index < -0.39 is 0 Å². The van der Waals surface area contributed by atoms with E-state index in [-0.39, 0.29) is 5.56 Å². The average Bonchev–Trinajstić information content (AvgIpc) is 2.99. The Morgan fingerprint density at radius 3 is 2.35 bits per heavy atom. The number of hydrogen-bond donors (Lipinski definition) is 2. The van der Waals surface area contributed by atoms with Crippen LogP contribution in [0.3, 0.4) is 0 Å². The van der Waals surface area contributed by atoms with E-state index in [1.807, 2.05) is 26.0 Å². The van der Waals surface area contributed by atoms with Gasteiger partial charge in [-0.25, -0.2) is 4.68 Å². The first-order chi connectivity index (χ1) is 9.56. The molecule has 0 bridgehead atoms. The van der Waals surface area contributed by atoms with Crippen LogP contribution in [0.4, 0.5) is 5.69 Å². The Morgan fingerprint density at radius 2 is 1.75 bits per heavy atom. The Hall–Kier alpha value is -1.97. The van der Waals surface area contributed by atoms with Gasteiger partial charge in [0.25, 0.3) is 5.56 Å². The van der Waals surface area contributed by atoms with Crippen LogP contribution in [0.5, 0.6) is 0 Å². The van der Waals surface area contributed by atoms with Gasteiger partial charge in [0.2, 0.25) is 0 Å². The zero-order chi connectivity index (χ0) is 14.3. The monoisotopic (exact) mass is 271 g/mol. The Labute approximate surface area is 118 Å². The van der Waals surface area contributed by atoms with Crippen molar-refractivity contribution >= 4 is 5.69 Å². The summed E-state index contributed by atoms with van der Waals surface area (Å²) in [7, 11) is 0. The second kappa shape index (κ2) is 4.85. The molecule has 0 atom stereocenters. The third kappa shape index (κ3) is 2.15. The highest BCUT2D eigenvalue weighted by Crippen LogP contribution is 2.35. The number of nitrogen functional groups attached to an aromatic ring is 1. The number of aromatic amines is 1. The van der Waals surface area contributed by atoms with E-state index in [1.165, 1.54) is 12.8 Å². The van der Waals surface area contributed by atoms with Crippen molar-refractivity contribution in [2.75, 3.05) is 5.73 Å². The first kappa shape index (κ1) is 13.0. The Bertz CT molecular complexity index is 670. The zero-order valence-corrected chi connectivity index (χ0v) is 12.1. The number of anilines is 1. The Balaban J connectivity index is 2.10. The van der Waals surface area contributed by atoms with Crippen LogP contribution in [-0.2, 0) is 0 Å². The minimum Gasteiger partial charge on any atom is -0.393 e. The molecule has 1 aromatic carbocycles. The average molecular weight is 271 g/mol. The summed E-state index contributed by atoms with van der Waals surface area (Å²) in [5.41, 5.74) is 10.4. The molecule has 0 saturated heterocycles. The number of nitrogens with one attached hydrogen (secondary N) is 1. The fraction of sp³-hybridized carbons (Fsp3) is 0.438. The SMILES string of the molecule is Cc1cc(C)cc(-n2[nH]c(C3CCCC3)c(N)c2=O)c1. The topological polar surface area (TPSA) is 63.8 Å². The van der Waals surface area contributed by atoms with E-state index in [1.54, 1.807) is 4.68 Å². The van der Waals surface area contributed by atoms with Crippen molar-refractivity contribution in [2.45, 2.75) is 45.4 Å². The number of nitrogens with two attached hydrogens (primary N) is 1.